The van der Waals surface area contributed by atoms with Crippen molar-refractivity contribution in [3.8, 4) is 0 Å². The van der Waals surface area contributed by atoms with Crippen LogP contribution >= 0.6 is 0 Å². The summed E-state index contributed by atoms with van der Waals surface area (Å²) in [4.78, 5) is 0. The molecule has 2 N–H and O–H groups in total. The molecule has 2 unspecified atom stereocenters. The van der Waals surface area contributed by atoms with Crippen LogP contribution in [0.4, 0.5) is 0 Å². The molecule has 0 rings (SSSR count). The summed E-state index contributed by atoms with van der Waals surface area (Å²) in [7, 11) is -3.09. The summed E-state index contributed by atoms with van der Waals surface area (Å²) in [6.07, 6.45) is 0.870. The lowest BCUT2D eigenvalue weighted by molar-refractivity contribution is 0.165. The average Bonchev–Trinajstić information content (AvgIpc) is 2.00. The first-order valence-corrected chi connectivity index (χ1v) is 6.68. The van der Waals surface area contributed by atoms with Crippen molar-refractivity contribution in [1.82, 2.24) is 4.72 Å². The summed E-state index contributed by atoms with van der Waals surface area (Å²) in [5.74, 6) is 0.343. The fourth-order valence-electron chi connectivity index (χ4n) is 1.28. The van der Waals surface area contributed by atoms with Gasteiger partial charge in [-0.15, -0.1) is 0 Å². The molecule has 86 valence electrons. The Labute approximate surface area is 86.8 Å². The zero-order valence-electron chi connectivity index (χ0n) is 9.16. The number of sulfonamides is 1. The summed E-state index contributed by atoms with van der Waals surface area (Å²) in [6, 6.07) is 0. The van der Waals surface area contributed by atoms with E-state index >= 15 is 0 Å². The number of nitrogens with one attached hydrogen (secondary N) is 1. The summed E-state index contributed by atoms with van der Waals surface area (Å²) < 4.78 is 25.0. The van der Waals surface area contributed by atoms with E-state index in [2.05, 4.69) is 4.72 Å². The molecule has 0 aliphatic carbocycles. The largest absolute Gasteiger partial charge is 0.393 e. The van der Waals surface area contributed by atoms with Crippen LogP contribution in [-0.2, 0) is 10.0 Å². The Kier molecular flexibility index (Phi) is 6.31. The fourth-order valence-corrected chi connectivity index (χ4v) is 2.50. The Bertz CT molecular complexity index is 236. The van der Waals surface area contributed by atoms with Crippen molar-refractivity contribution in [2.45, 2.75) is 39.7 Å². The van der Waals surface area contributed by atoms with Crippen LogP contribution in [0.3, 0.4) is 0 Å². The molecule has 4 nitrogen and oxygen atoms in total. The molecule has 0 radical (unpaired) electrons. The summed E-state index contributed by atoms with van der Waals surface area (Å²) in [5, 5.41) is 9.08. The van der Waals surface area contributed by atoms with Crippen LogP contribution in [0.25, 0.3) is 0 Å². The van der Waals surface area contributed by atoms with E-state index in [0.717, 1.165) is 0 Å². The highest BCUT2D eigenvalue weighted by Crippen LogP contribution is 2.04. The Morgan fingerprint density at radius 2 is 1.93 bits per heavy atom. The van der Waals surface area contributed by atoms with Crippen molar-refractivity contribution in [3.05, 3.63) is 0 Å². The van der Waals surface area contributed by atoms with Gasteiger partial charge in [0.25, 0.3) is 0 Å². The third-order valence-electron chi connectivity index (χ3n) is 1.87. The first kappa shape index (κ1) is 13.9. The van der Waals surface area contributed by atoms with Gasteiger partial charge < -0.3 is 5.11 Å². The maximum Gasteiger partial charge on any atom is 0.211 e. The molecule has 14 heavy (non-hydrogen) atoms. The van der Waals surface area contributed by atoms with Crippen LogP contribution in [0.1, 0.15) is 33.6 Å². The van der Waals surface area contributed by atoms with E-state index in [-0.39, 0.29) is 17.8 Å². The van der Waals surface area contributed by atoms with E-state index in [9.17, 15) is 8.42 Å². The second kappa shape index (κ2) is 6.37. The topological polar surface area (TPSA) is 66.4 Å². The molecular weight excluding hydrogens is 202 g/mol. The molecule has 0 amide bonds. The Morgan fingerprint density at radius 1 is 1.36 bits per heavy atom. The molecule has 0 aliphatic rings. The predicted molar refractivity (Wildman–Crippen MR) is 57.5 cm³/mol. The molecule has 0 aromatic rings. The highest BCUT2D eigenvalue weighted by atomic mass is 32.2. The third kappa shape index (κ3) is 7.29. The molecule has 0 saturated carbocycles. The van der Waals surface area contributed by atoms with Crippen LogP contribution in [0.2, 0.25) is 0 Å². The molecule has 0 heterocycles. The first-order chi connectivity index (χ1) is 6.37. The van der Waals surface area contributed by atoms with Crippen molar-refractivity contribution in [1.29, 1.82) is 0 Å². The van der Waals surface area contributed by atoms with E-state index in [1.807, 2.05) is 13.8 Å². The Balaban J connectivity index is 3.82. The molecule has 0 bridgehead atoms. The molecule has 0 aliphatic heterocycles. The monoisotopic (exact) mass is 223 g/mol. The number of aliphatic hydroxyl groups excluding tert-OH is 1. The van der Waals surface area contributed by atoms with Crippen LogP contribution in [0.15, 0.2) is 0 Å². The molecule has 0 aromatic heterocycles. The molecule has 0 fully saturated rings. The highest BCUT2D eigenvalue weighted by molar-refractivity contribution is 7.89. The summed E-state index contributed by atoms with van der Waals surface area (Å²) in [5.41, 5.74) is 0. The van der Waals surface area contributed by atoms with Crippen molar-refractivity contribution >= 4 is 10.0 Å². The van der Waals surface area contributed by atoms with Crippen LogP contribution < -0.4 is 4.72 Å². The SMILES string of the molecule is CCCS(=O)(=O)NCC(C)CC(C)O. The third-order valence-corrected chi connectivity index (χ3v) is 3.42. The molecular formula is C9H21NO3S. The molecule has 0 spiro atoms. The number of hydrogen-bond acceptors (Lipinski definition) is 3. The van der Waals surface area contributed by atoms with E-state index in [4.69, 9.17) is 5.11 Å². The van der Waals surface area contributed by atoms with Crippen molar-refractivity contribution < 1.29 is 13.5 Å². The van der Waals surface area contributed by atoms with Crippen molar-refractivity contribution in [2.75, 3.05) is 12.3 Å². The quantitative estimate of drug-likeness (QED) is 0.668. The minimum Gasteiger partial charge on any atom is -0.393 e. The van der Waals surface area contributed by atoms with Crippen molar-refractivity contribution in [3.63, 3.8) is 0 Å². The van der Waals surface area contributed by atoms with Gasteiger partial charge in [0.2, 0.25) is 10.0 Å². The Hall–Kier alpha value is -0.130. The summed E-state index contributed by atoms with van der Waals surface area (Å²) >= 11 is 0. The maximum absolute atomic E-state index is 11.2. The molecule has 0 aromatic carbocycles. The van der Waals surface area contributed by atoms with Crippen LogP contribution in [0, 0.1) is 5.92 Å². The number of rotatable bonds is 7. The first-order valence-electron chi connectivity index (χ1n) is 5.02. The van der Waals surface area contributed by atoms with E-state index in [0.29, 0.717) is 19.4 Å². The van der Waals surface area contributed by atoms with Gasteiger partial charge in [0, 0.05) is 6.54 Å². The van der Waals surface area contributed by atoms with Gasteiger partial charge in [-0.05, 0) is 25.7 Å². The highest BCUT2D eigenvalue weighted by Gasteiger charge is 2.11. The van der Waals surface area contributed by atoms with Gasteiger partial charge >= 0.3 is 0 Å². The standard InChI is InChI=1S/C9H21NO3S/c1-4-5-14(12,13)10-7-8(2)6-9(3)11/h8-11H,4-7H2,1-3H3. The molecule has 5 heteroatoms. The Morgan fingerprint density at radius 3 is 2.36 bits per heavy atom. The molecule has 2 atom stereocenters. The lowest BCUT2D eigenvalue weighted by Gasteiger charge is -2.13. The number of aliphatic hydroxyl groups is 1. The molecule has 0 saturated heterocycles. The van der Waals surface area contributed by atoms with Gasteiger partial charge in [0.05, 0.1) is 11.9 Å². The van der Waals surface area contributed by atoms with Gasteiger partial charge in [0.1, 0.15) is 0 Å². The maximum atomic E-state index is 11.2. The van der Waals surface area contributed by atoms with Crippen molar-refractivity contribution in [2.24, 2.45) is 5.92 Å². The van der Waals surface area contributed by atoms with Crippen LogP contribution in [0.5, 0.6) is 0 Å². The predicted octanol–water partition coefficient (Wildman–Crippen LogP) is 0.723. The minimum atomic E-state index is -3.09. The number of hydrogen-bond donors (Lipinski definition) is 2. The van der Waals surface area contributed by atoms with Gasteiger partial charge in [-0.2, -0.15) is 0 Å². The second-order valence-corrected chi connectivity index (χ2v) is 5.78. The zero-order valence-corrected chi connectivity index (χ0v) is 9.97. The van der Waals surface area contributed by atoms with E-state index in [1.165, 1.54) is 0 Å². The van der Waals surface area contributed by atoms with E-state index in [1.54, 1.807) is 6.92 Å². The average molecular weight is 223 g/mol. The lowest BCUT2D eigenvalue weighted by atomic mass is 10.1. The lowest BCUT2D eigenvalue weighted by Crippen LogP contribution is -2.31. The summed E-state index contributed by atoms with van der Waals surface area (Å²) in [6.45, 7) is 5.86. The fraction of sp³-hybridized carbons (Fsp3) is 1.00. The second-order valence-electron chi connectivity index (χ2n) is 3.86. The van der Waals surface area contributed by atoms with Gasteiger partial charge in [-0.25, -0.2) is 13.1 Å². The van der Waals surface area contributed by atoms with Gasteiger partial charge in [-0.3, -0.25) is 0 Å². The smallest absolute Gasteiger partial charge is 0.211 e. The van der Waals surface area contributed by atoms with Crippen LogP contribution in [-0.4, -0.2) is 31.9 Å². The van der Waals surface area contributed by atoms with E-state index < -0.39 is 10.0 Å². The van der Waals surface area contributed by atoms with Gasteiger partial charge in [-0.1, -0.05) is 13.8 Å². The minimum absolute atomic E-state index is 0.168. The normalized spacial score (nSPS) is 16.6. The zero-order chi connectivity index (χ0) is 11.2. The van der Waals surface area contributed by atoms with Gasteiger partial charge in [0.15, 0.2) is 0 Å².